The summed E-state index contributed by atoms with van der Waals surface area (Å²) in [6, 6.07) is 0. The molecule has 40 heavy (non-hydrogen) atoms. The third-order valence-electron chi connectivity index (χ3n) is 2.61. The summed E-state index contributed by atoms with van der Waals surface area (Å²) in [7, 11) is 0. The Kier molecular flexibility index (Phi) is 50.4. The number of hydrogen-bond acceptors (Lipinski definition) is 0. The molecule has 0 aliphatic heterocycles. The molecule has 0 N–H and O–H groups in total. The maximum atomic E-state index is 12.3. The van der Waals surface area contributed by atoms with E-state index in [0.717, 1.165) is 19.3 Å². The van der Waals surface area contributed by atoms with Crippen LogP contribution < -0.4 is 0 Å². The molecular weight excluding hydrogens is 836 g/mol. The number of hydrogen-bond donors (Lipinski definition) is 0. The van der Waals surface area contributed by atoms with E-state index in [2.05, 4.69) is 43.0 Å². The van der Waals surface area contributed by atoms with Crippen molar-refractivity contribution in [3.05, 3.63) is 37.5 Å². The minimum atomic E-state index is -5.73. The highest BCUT2D eigenvalue weighted by atomic mass is 127. The van der Waals surface area contributed by atoms with Crippen LogP contribution in [0.4, 0.5) is 77.5 Å². The Hall–Kier alpha value is -0.580. The van der Waals surface area contributed by atoms with Crippen molar-refractivity contribution in [2.45, 2.75) is 63.7 Å². The van der Waals surface area contributed by atoms with Crippen LogP contribution in [0.3, 0.4) is 0 Å². The van der Waals surface area contributed by atoms with Gasteiger partial charge in [-0.25, -0.2) is 26.3 Å². The first-order valence-electron chi connectivity index (χ1n) is 9.88. The zero-order valence-electron chi connectivity index (χ0n) is 20.8. The Labute approximate surface area is 248 Å². The number of halogens is 20. The highest BCUT2D eigenvalue weighted by Gasteiger charge is 2.62. The second-order valence-electron chi connectivity index (χ2n) is 5.84. The largest absolute Gasteiger partial charge is 0.442 e. The zero-order chi connectivity index (χ0) is 34.2. The molecule has 2 atom stereocenters. The third-order valence-corrected chi connectivity index (χ3v) is 3.69. The minimum Gasteiger partial charge on any atom is -0.251 e. The summed E-state index contributed by atoms with van der Waals surface area (Å²) in [5, 5.41) is 0. The van der Waals surface area contributed by atoms with Gasteiger partial charge in [0.15, 0.2) is 41.5 Å². The molecule has 0 nitrogen and oxygen atoms in total. The van der Waals surface area contributed by atoms with Crippen molar-refractivity contribution in [1.82, 2.24) is 0 Å². The molecule has 0 aromatic rings. The van der Waals surface area contributed by atoms with E-state index in [1.165, 1.54) is 10.8 Å². The second-order valence-corrected chi connectivity index (χ2v) is 6.92. The molecule has 0 saturated heterocycles. The lowest BCUT2D eigenvalue weighted by molar-refractivity contribution is -0.255. The van der Waals surface area contributed by atoms with Crippen molar-refractivity contribution >= 4 is 45.8 Å². The fourth-order valence-electron chi connectivity index (χ4n) is 0.804. The molecule has 0 amide bonds. The van der Waals surface area contributed by atoms with Crippen molar-refractivity contribution in [3.8, 4) is 0 Å². The normalized spacial score (nSPS) is 11.8. The van der Waals surface area contributed by atoms with Gasteiger partial charge < -0.3 is 0 Å². The molecule has 0 saturated carbocycles. The highest BCUT2D eigenvalue weighted by molar-refractivity contribution is 14.1. The molecule has 0 bridgehead atoms. The summed E-state index contributed by atoms with van der Waals surface area (Å²) < 4.78 is 198. The van der Waals surface area contributed by atoms with Gasteiger partial charge in [0, 0.05) is 0 Å². The first kappa shape index (κ1) is 55.4. The van der Waals surface area contributed by atoms with E-state index in [1.54, 1.807) is 0 Å². The van der Waals surface area contributed by atoms with Crippen LogP contribution in [0.5, 0.6) is 0 Å². The van der Waals surface area contributed by atoms with Gasteiger partial charge in [-0.3, -0.25) is 4.39 Å². The fraction of sp³-hybridized carbons (Fsp3) is 0.700. The van der Waals surface area contributed by atoms with Crippen LogP contribution >= 0.6 is 45.8 Å². The lowest BCUT2D eigenvalue weighted by atomic mass is 10.0. The van der Waals surface area contributed by atoms with Gasteiger partial charge in [-0.1, -0.05) is 55.9 Å². The molecule has 0 aromatic carbocycles. The van der Waals surface area contributed by atoms with E-state index >= 15 is 0 Å². The van der Waals surface area contributed by atoms with E-state index < -0.39 is 61.9 Å². The van der Waals surface area contributed by atoms with Crippen LogP contribution in [-0.2, 0) is 0 Å². The number of unbranched alkanes of at least 4 members (excludes halogenated alkanes) is 2. The molecule has 0 aliphatic carbocycles. The standard InChI is InChI=1S/C5H5F7.C5H11F.C3H2F4.C3H7I.C2HF3.C2H2F2.FI/c6-1-3(8)4(9,2-7)5(10,11)12;1-2-3-4-5-6;1-2(4)3(5,6)7;1-2-3-4;3-1-2(4)5;1-2(3)4;1-2/h3H,1-2H2;2-5H2,1H3;1H2;2-3H2,1H3;1H;1H2;. The van der Waals surface area contributed by atoms with Crippen LogP contribution in [0.25, 0.3) is 0 Å². The summed E-state index contributed by atoms with van der Waals surface area (Å²) in [6.45, 7) is 3.52. The number of alkyl halides is 12. The van der Waals surface area contributed by atoms with Crippen LogP contribution in [0.2, 0.25) is 0 Å². The van der Waals surface area contributed by atoms with Gasteiger partial charge in [-0.05, 0) is 23.8 Å². The number of allylic oxidation sites excluding steroid dienone is 1. The van der Waals surface area contributed by atoms with E-state index in [0.29, 0.717) is 23.2 Å². The Bertz CT molecular complexity index is 553. The van der Waals surface area contributed by atoms with Crippen molar-refractivity contribution in [2.75, 3.05) is 24.5 Å². The molecule has 0 rings (SSSR count). The Morgan fingerprint density at radius 2 is 1.10 bits per heavy atom. The van der Waals surface area contributed by atoms with E-state index in [1.807, 2.05) is 6.58 Å². The maximum Gasteiger partial charge on any atom is 0.442 e. The highest BCUT2D eigenvalue weighted by Crippen LogP contribution is 2.38. The van der Waals surface area contributed by atoms with Crippen LogP contribution in [0.15, 0.2) is 37.5 Å². The summed E-state index contributed by atoms with van der Waals surface area (Å²) in [6.07, 6.45) is -14.8. The van der Waals surface area contributed by atoms with E-state index in [-0.39, 0.29) is 6.67 Å². The molecule has 0 spiro atoms. The number of rotatable bonds is 7. The Balaban J connectivity index is -0.0000000679. The molecule has 20 heteroatoms. The summed E-state index contributed by atoms with van der Waals surface area (Å²) in [4.78, 5) is 0. The first-order valence-corrected chi connectivity index (χ1v) is 12.2. The van der Waals surface area contributed by atoms with E-state index in [4.69, 9.17) is 0 Å². The van der Waals surface area contributed by atoms with Gasteiger partial charge in [0.1, 0.15) is 13.3 Å². The first-order chi connectivity index (χ1) is 18.1. The van der Waals surface area contributed by atoms with Gasteiger partial charge in [-0.15, -0.1) is 0 Å². The quantitative estimate of drug-likeness (QED) is 0.104. The second kappa shape index (κ2) is 36.4. The topological polar surface area (TPSA) is 0 Å². The third kappa shape index (κ3) is 50.3. The predicted octanol–water partition coefficient (Wildman–Crippen LogP) is 12.9. The predicted molar refractivity (Wildman–Crippen MR) is 136 cm³/mol. The Morgan fingerprint density at radius 3 is 1.15 bits per heavy atom. The zero-order valence-corrected chi connectivity index (χ0v) is 25.1. The molecular formula is C20H28F18I2. The lowest BCUT2D eigenvalue weighted by Gasteiger charge is -2.26. The van der Waals surface area contributed by atoms with Gasteiger partial charge in [0.2, 0.25) is 0 Å². The minimum absolute atomic E-state index is 0.145. The monoisotopic (exact) mass is 864 g/mol. The van der Waals surface area contributed by atoms with Crippen LogP contribution in [-0.4, -0.2) is 48.6 Å². The van der Waals surface area contributed by atoms with Crippen molar-refractivity contribution in [1.29, 1.82) is 0 Å². The molecule has 0 heterocycles. The van der Waals surface area contributed by atoms with Crippen molar-refractivity contribution < 1.29 is 77.5 Å². The molecule has 0 radical (unpaired) electrons. The molecule has 0 fully saturated rings. The van der Waals surface area contributed by atoms with Crippen LogP contribution in [0, 0.1) is 0 Å². The summed E-state index contributed by atoms with van der Waals surface area (Å²) >= 11 is 3.00. The summed E-state index contributed by atoms with van der Waals surface area (Å²) in [5.74, 6) is -2.26. The fourth-order valence-corrected chi connectivity index (χ4v) is 0.804. The molecule has 2 unspecified atom stereocenters. The average Bonchev–Trinajstić information content (AvgIpc) is 2.87. The smallest absolute Gasteiger partial charge is 0.251 e. The van der Waals surface area contributed by atoms with Gasteiger partial charge in [0.25, 0.3) is 17.8 Å². The molecule has 0 aromatic heterocycles. The van der Waals surface area contributed by atoms with Crippen molar-refractivity contribution in [3.63, 3.8) is 0 Å². The average molecular weight is 864 g/mol. The van der Waals surface area contributed by atoms with Crippen LogP contribution in [0.1, 0.15) is 39.5 Å². The lowest BCUT2D eigenvalue weighted by Crippen LogP contribution is -2.51. The van der Waals surface area contributed by atoms with Gasteiger partial charge >= 0.3 is 12.4 Å². The molecule has 0 aliphatic rings. The maximum absolute atomic E-state index is 12.3. The van der Waals surface area contributed by atoms with Gasteiger partial charge in [0.05, 0.1) is 6.67 Å². The van der Waals surface area contributed by atoms with Crippen molar-refractivity contribution in [2.24, 2.45) is 0 Å². The Morgan fingerprint density at radius 1 is 0.800 bits per heavy atom. The van der Waals surface area contributed by atoms with E-state index in [9.17, 15) is 77.5 Å². The van der Waals surface area contributed by atoms with Gasteiger partial charge in [-0.2, -0.15) is 46.8 Å². The SMILES string of the molecule is C=C(F)C(F)(F)F.C=C(F)F.CCCCCF.CCCI.FC=C(F)F.FCC(F)C(F)(CF)C(F)(F)F.FI. The summed E-state index contributed by atoms with van der Waals surface area (Å²) in [5.41, 5.74) is -4.72. The molecule has 248 valence electrons.